The summed E-state index contributed by atoms with van der Waals surface area (Å²) in [5, 5.41) is 5.17. The zero-order valence-corrected chi connectivity index (χ0v) is 14.4. The lowest BCUT2D eigenvalue weighted by Gasteiger charge is -2.20. The van der Waals surface area contributed by atoms with E-state index in [1.165, 1.54) is 19.3 Å². The number of esters is 1. The molecule has 3 atom stereocenters. The molecule has 0 saturated heterocycles. The van der Waals surface area contributed by atoms with Crippen molar-refractivity contribution in [3.05, 3.63) is 29.8 Å². The van der Waals surface area contributed by atoms with E-state index in [0.29, 0.717) is 29.5 Å². The summed E-state index contributed by atoms with van der Waals surface area (Å²) in [5.74, 6) is 0.951. The van der Waals surface area contributed by atoms with Gasteiger partial charge in [0.25, 0.3) is 11.8 Å². The van der Waals surface area contributed by atoms with Gasteiger partial charge in [-0.3, -0.25) is 14.4 Å². The summed E-state index contributed by atoms with van der Waals surface area (Å²) in [6, 6.07) is 6.60. The second kappa shape index (κ2) is 7.68. The van der Waals surface area contributed by atoms with Crippen LogP contribution >= 0.6 is 0 Å². The summed E-state index contributed by atoms with van der Waals surface area (Å²) in [4.78, 5) is 35.5. The number of hydrogen-bond donors (Lipinski definition) is 2. The third-order valence-electron chi connectivity index (χ3n) is 5.31. The molecule has 25 heavy (non-hydrogen) atoms. The number of ether oxygens (including phenoxy) is 1. The van der Waals surface area contributed by atoms with Crippen LogP contribution in [0.1, 0.15) is 42.5 Å². The number of carbonyl (C=O) groups excluding carboxylic acids is 3. The highest BCUT2D eigenvalue weighted by Crippen LogP contribution is 2.49. The van der Waals surface area contributed by atoms with Crippen LogP contribution < -0.4 is 10.6 Å². The average Bonchev–Trinajstić information content (AvgIpc) is 3.22. The molecule has 0 aromatic heterocycles. The van der Waals surface area contributed by atoms with Crippen molar-refractivity contribution in [2.75, 3.05) is 19.0 Å². The second-order valence-corrected chi connectivity index (χ2v) is 7.01. The number of hydrogen-bond acceptors (Lipinski definition) is 4. The predicted octanol–water partition coefficient (Wildman–Crippen LogP) is 2.35. The van der Waals surface area contributed by atoms with Crippen LogP contribution in [-0.4, -0.2) is 31.4 Å². The standard InChI is InChI=1S/C19H24N2O4/c1-20-19(24)14-3-2-4-16(9-14)21-17(22)11-25-18(23)10-15-8-12-5-6-13(15)7-12/h2-4,9,12-13,15H,5-8,10-11H2,1H3,(H,20,24)(H,21,22)/t12-,13-,15-/m1/s1. The quantitative estimate of drug-likeness (QED) is 0.776. The molecule has 2 fully saturated rings. The molecule has 3 rings (SSSR count). The Morgan fingerprint density at radius 1 is 1.20 bits per heavy atom. The van der Waals surface area contributed by atoms with Crippen molar-refractivity contribution < 1.29 is 19.1 Å². The van der Waals surface area contributed by atoms with Gasteiger partial charge in [0.1, 0.15) is 0 Å². The highest BCUT2D eigenvalue weighted by molar-refractivity contribution is 5.97. The lowest BCUT2D eigenvalue weighted by atomic mass is 9.86. The van der Waals surface area contributed by atoms with E-state index in [4.69, 9.17) is 4.74 Å². The predicted molar refractivity (Wildman–Crippen MR) is 93.0 cm³/mol. The maximum absolute atomic E-state index is 12.0. The fourth-order valence-electron chi connectivity index (χ4n) is 4.13. The molecule has 2 aliphatic rings. The molecule has 6 heteroatoms. The van der Waals surface area contributed by atoms with Gasteiger partial charge in [-0.05, 0) is 55.2 Å². The number of carbonyl (C=O) groups is 3. The number of fused-ring (bicyclic) bond motifs is 2. The van der Waals surface area contributed by atoms with E-state index < -0.39 is 5.91 Å². The molecular weight excluding hydrogens is 320 g/mol. The Morgan fingerprint density at radius 3 is 2.72 bits per heavy atom. The Hall–Kier alpha value is -2.37. The monoisotopic (exact) mass is 344 g/mol. The number of rotatable bonds is 6. The zero-order valence-electron chi connectivity index (χ0n) is 14.4. The van der Waals surface area contributed by atoms with Crippen molar-refractivity contribution in [3.8, 4) is 0 Å². The van der Waals surface area contributed by atoms with Gasteiger partial charge >= 0.3 is 5.97 Å². The number of anilines is 1. The highest BCUT2D eigenvalue weighted by Gasteiger charge is 2.40. The van der Waals surface area contributed by atoms with Gasteiger partial charge in [0.05, 0.1) is 0 Å². The molecule has 2 bridgehead atoms. The lowest BCUT2D eigenvalue weighted by molar-refractivity contribution is -0.148. The summed E-state index contributed by atoms with van der Waals surface area (Å²) in [6.45, 7) is -0.302. The maximum atomic E-state index is 12.0. The van der Waals surface area contributed by atoms with E-state index in [2.05, 4.69) is 10.6 Å². The SMILES string of the molecule is CNC(=O)c1cccc(NC(=O)COC(=O)C[C@H]2C[C@@H]3CC[C@@H]2C3)c1. The normalized spacial score (nSPS) is 24.0. The van der Waals surface area contributed by atoms with Gasteiger partial charge in [-0.1, -0.05) is 12.5 Å². The molecule has 6 nitrogen and oxygen atoms in total. The first kappa shape index (κ1) is 17.5. The van der Waals surface area contributed by atoms with Crippen LogP contribution in [-0.2, 0) is 14.3 Å². The summed E-state index contributed by atoms with van der Waals surface area (Å²) < 4.78 is 5.11. The van der Waals surface area contributed by atoms with Crippen molar-refractivity contribution in [2.45, 2.75) is 32.1 Å². The van der Waals surface area contributed by atoms with Gasteiger partial charge < -0.3 is 15.4 Å². The van der Waals surface area contributed by atoms with Crippen molar-refractivity contribution in [1.82, 2.24) is 5.32 Å². The van der Waals surface area contributed by atoms with Crippen LogP contribution in [0, 0.1) is 17.8 Å². The van der Waals surface area contributed by atoms with Gasteiger partial charge in [-0.2, -0.15) is 0 Å². The molecule has 1 aromatic rings. The third kappa shape index (κ3) is 4.38. The fourth-order valence-corrected chi connectivity index (χ4v) is 4.13. The fraction of sp³-hybridized carbons (Fsp3) is 0.526. The largest absolute Gasteiger partial charge is 0.456 e. The van der Waals surface area contributed by atoms with E-state index in [0.717, 1.165) is 12.3 Å². The van der Waals surface area contributed by atoms with Crippen LogP contribution in [0.5, 0.6) is 0 Å². The van der Waals surface area contributed by atoms with Crippen LogP contribution in [0.4, 0.5) is 5.69 Å². The molecular formula is C19H24N2O4. The van der Waals surface area contributed by atoms with Gasteiger partial charge in [0.2, 0.25) is 0 Å². The van der Waals surface area contributed by atoms with Crippen LogP contribution in [0.25, 0.3) is 0 Å². The number of amides is 2. The Labute approximate surface area is 147 Å². The first-order valence-electron chi connectivity index (χ1n) is 8.82. The highest BCUT2D eigenvalue weighted by atomic mass is 16.5. The Balaban J connectivity index is 1.43. The first-order valence-corrected chi connectivity index (χ1v) is 8.82. The third-order valence-corrected chi connectivity index (χ3v) is 5.31. The van der Waals surface area contributed by atoms with E-state index in [1.54, 1.807) is 31.3 Å². The topological polar surface area (TPSA) is 84.5 Å². The van der Waals surface area contributed by atoms with Crippen LogP contribution in [0.15, 0.2) is 24.3 Å². The molecule has 1 aromatic carbocycles. The summed E-state index contributed by atoms with van der Waals surface area (Å²) in [7, 11) is 1.54. The van der Waals surface area contributed by atoms with Gasteiger partial charge in [0, 0.05) is 24.7 Å². The summed E-state index contributed by atoms with van der Waals surface area (Å²) in [5.41, 5.74) is 0.948. The van der Waals surface area contributed by atoms with E-state index in [9.17, 15) is 14.4 Å². The Bertz CT molecular complexity index is 673. The molecule has 2 amide bonds. The minimum absolute atomic E-state index is 0.228. The molecule has 0 aliphatic heterocycles. The van der Waals surface area contributed by atoms with E-state index >= 15 is 0 Å². The smallest absolute Gasteiger partial charge is 0.306 e. The second-order valence-electron chi connectivity index (χ2n) is 7.01. The molecule has 2 saturated carbocycles. The molecule has 0 radical (unpaired) electrons. The number of nitrogens with one attached hydrogen (secondary N) is 2. The summed E-state index contributed by atoms with van der Waals surface area (Å²) in [6.07, 6.45) is 5.32. The molecule has 0 unspecified atom stereocenters. The first-order chi connectivity index (χ1) is 12.0. The maximum Gasteiger partial charge on any atom is 0.306 e. The molecule has 0 heterocycles. The molecule has 2 N–H and O–H groups in total. The van der Waals surface area contributed by atoms with Crippen molar-refractivity contribution >= 4 is 23.5 Å². The van der Waals surface area contributed by atoms with Crippen LogP contribution in [0.2, 0.25) is 0 Å². The minimum Gasteiger partial charge on any atom is -0.456 e. The van der Waals surface area contributed by atoms with Gasteiger partial charge in [-0.25, -0.2) is 0 Å². The lowest BCUT2D eigenvalue weighted by Crippen LogP contribution is -2.23. The number of benzene rings is 1. The average molecular weight is 344 g/mol. The molecule has 134 valence electrons. The Kier molecular flexibility index (Phi) is 5.36. The van der Waals surface area contributed by atoms with Gasteiger partial charge in [0.15, 0.2) is 6.61 Å². The van der Waals surface area contributed by atoms with E-state index in [-0.39, 0.29) is 18.5 Å². The Morgan fingerprint density at radius 2 is 2.04 bits per heavy atom. The molecule has 2 aliphatic carbocycles. The minimum atomic E-state index is -0.407. The van der Waals surface area contributed by atoms with Crippen molar-refractivity contribution in [2.24, 2.45) is 17.8 Å². The van der Waals surface area contributed by atoms with Gasteiger partial charge in [-0.15, -0.1) is 0 Å². The zero-order chi connectivity index (χ0) is 17.8. The van der Waals surface area contributed by atoms with Crippen molar-refractivity contribution in [1.29, 1.82) is 0 Å². The molecule has 0 spiro atoms. The van der Waals surface area contributed by atoms with Crippen molar-refractivity contribution in [3.63, 3.8) is 0 Å². The summed E-state index contributed by atoms with van der Waals surface area (Å²) >= 11 is 0. The van der Waals surface area contributed by atoms with E-state index in [1.807, 2.05) is 0 Å². The van der Waals surface area contributed by atoms with Crippen LogP contribution in [0.3, 0.4) is 0 Å².